The number of esters is 1. The zero-order chi connectivity index (χ0) is 19.2. The molecule has 0 bridgehead atoms. The number of amidine groups is 1. The highest BCUT2D eigenvalue weighted by molar-refractivity contribution is 5.95. The van der Waals surface area contributed by atoms with Crippen LogP contribution in [0.15, 0.2) is 24.3 Å². The van der Waals surface area contributed by atoms with Crippen LogP contribution in [0.3, 0.4) is 0 Å². The molecule has 1 aliphatic heterocycles. The van der Waals surface area contributed by atoms with E-state index in [-0.39, 0.29) is 17.7 Å². The molecule has 1 saturated heterocycles. The highest BCUT2D eigenvalue weighted by Crippen LogP contribution is 2.27. The predicted octanol–water partition coefficient (Wildman–Crippen LogP) is 2.51. The number of hydrogen-bond acceptors (Lipinski definition) is 5. The third-order valence-corrected chi connectivity index (χ3v) is 6.11. The van der Waals surface area contributed by atoms with Crippen LogP contribution in [0.1, 0.15) is 44.1 Å². The standard InChI is InChI=1S/C21H32N4O2/c1-27-21(26)17-2-6-18(7-3-17)24-14-15-10-12-25(13-11-15)19-8-4-16(5-9-19)20(22)23/h4-5,8-9,15,17-18,24H,2-3,6-7,10-14H2,1H3,(H3,22,23). The zero-order valence-corrected chi connectivity index (χ0v) is 16.2. The van der Waals surface area contributed by atoms with Gasteiger partial charge in [-0.2, -0.15) is 0 Å². The number of nitrogens with zero attached hydrogens (tertiary/aromatic N) is 1. The number of carbonyl (C=O) groups is 1. The third-order valence-electron chi connectivity index (χ3n) is 6.11. The van der Waals surface area contributed by atoms with Crippen LogP contribution >= 0.6 is 0 Å². The average molecular weight is 373 g/mol. The highest BCUT2D eigenvalue weighted by atomic mass is 16.5. The van der Waals surface area contributed by atoms with Gasteiger partial charge in [0.15, 0.2) is 0 Å². The van der Waals surface area contributed by atoms with Crippen LogP contribution in [0.2, 0.25) is 0 Å². The smallest absolute Gasteiger partial charge is 0.308 e. The zero-order valence-electron chi connectivity index (χ0n) is 16.2. The van der Waals surface area contributed by atoms with Gasteiger partial charge in [0.2, 0.25) is 0 Å². The molecule has 1 aliphatic carbocycles. The number of nitrogens with one attached hydrogen (secondary N) is 2. The SMILES string of the molecule is COC(=O)C1CCC(NCC2CCN(c3ccc(C(=N)N)cc3)CC2)CC1. The van der Waals surface area contributed by atoms with E-state index in [1.54, 1.807) is 0 Å². The molecule has 1 saturated carbocycles. The maximum atomic E-state index is 11.6. The minimum atomic E-state index is -0.0443. The topological polar surface area (TPSA) is 91.4 Å². The van der Waals surface area contributed by atoms with Crippen LogP contribution in [-0.4, -0.2) is 44.6 Å². The second kappa shape index (κ2) is 9.22. The van der Waals surface area contributed by atoms with Crippen molar-refractivity contribution in [1.29, 1.82) is 5.41 Å². The Balaban J connectivity index is 1.37. The van der Waals surface area contributed by atoms with Gasteiger partial charge in [0.05, 0.1) is 13.0 Å². The molecule has 0 radical (unpaired) electrons. The van der Waals surface area contributed by atoms with Crippen molar-refractivity contribution in [3.05, 3.63) is 29.8 Å². The maximum Gasteiger partial charge on any atom is 0.308 e. The molecule has 2 aliphatic rings. The van der Waals surface area contributed by atoms with Crippen LogP contribution in [0.4, 0.5) is 5.69 Å². The Morgan fingerprint density at radius 3 is 2.33 bits per heavy atom. The summed E-state index contributed by atoms with van der Waals surface area (Å²) in [6, 6.07) is 8.53. The van der Waals surface area contributed by atoms with E-state index in [2.05, 4.69) is 22.3 Å². The maximum absolute atomic E-state index is 11.6. The van der Waals surface area contributed by atoms with E-state index in [1.165, 1.54) is 25.6 Å². The lowest BCUT2D eigenvalue weighted by molar-refractivity contribution is -0.146. The molecule has 0 spiro atoms. The lowest BCUT2D eigenvalue weighted by Gasteiger charge is -2.35. The minimum Gasteiger partial charge on any atom is -0.469 e. The van der Waals surface area contributed by atoms with Gasteiger partial charge in [0.25, 0.3) is 0 Å². The summed E-state index contributed by atoms with van der Waals surface area (Å²) in [6.07, 6.45) is 6.41. The molecule has 27 heavy (non-hydrogen) atoms. The monoisotopic (exact) mass is 372 g/mol. The van der Waals surface area contributed by atoms with Gasteiger partial charge in [0, 0.05) is 30.4 Å². The molecular weight excluding hydrogens is 340 g/mol. The van der Waals surface area contributed by atoms with E-state index in [0.717, 1.165) is 56.8 Å². The van der Waals surface area contributed by atoms with Gasteiger partial charge in [0.1, 0.15) is 5.84 Å². The van der Waals surface area contributed by atoms with Crippen molar-refractivity contribution in [3.8, 4) is 0 Å². The highest BCUT2D eigenvalue weighted by Gasteiger charge is 2.27. The van der Waals surface area contributed by atoms with Gasteiger partial charge in [-0.05, 0) is 75.3 Å². The molecule has 0 amide bonds. The summed E-state index contributed by atoms with van der Waals surface area (Å²) in [6.45, 7) is 3.21. The quantitative estimate of drug-likeness (QED) is 0.405. The first-order valence-corrected chi connectivity index (χ1v) is 10.1. The Labute approximate surface area is 162 Å². The third kappa shape index (κ3) is 5.22. The summed E-state index contributed by atoms with van der Waals surface area (Å²) in [5.74, 6) is 0.894. The first kappa shape index (κ1) is 19.7. The fraction of sp³-hybridized carbons (Fsp3) is 0.619. The molecule has 1 aromatic carbocycles. The van der Waals surface area contributed by atoms with Crippen LogP contribution in [0.5, 0.6) is 0 Å². The molecule has 3 rings (SSSR count). The number of rotatable bonds is 6. The number of anilines is 1. The average Bonchev–Trinajstić information content (AvgIpc) is 2.72. The van der Waals surface area contributed by atoms with Crippen LogP contribution in [0.25, 0.3) is 0 Å². The van der Waals surface area contributed by atoms with Crippen molar-refractivity contribution in [3.63, 3.8) is 0 Å². The van der Waals surface area contributed by atoms with Crippen molar-refractivity contribution < 1.29 is 9.53 Å². The fourth-order valence-corrected chi connectivity index (χ4v) is 4.28. The Morgan fingerprint density at radius 2 is 1.78 bits per heavy atom. The van der Waals surface area contributed by atoms with Crippen LogP contribution in [0, 0.1) is 17.2 Å². The fourth-order valence-electron chi connectivity index (χ4n) is 4.28. The number of ether oxygens (including phenoxy) is 1. The molecule has 148 valence electrons. The lowest BCUT2D eigenvalue weighted by atomic mass is 9.85. The first-order valence-electron chi connectivity index (χ1n) is 10.1. The molecule has 6 heteroatoms. The summed E-state index contributed by atoms with van der Waals surface area (Å²) < 4.78 is 4.86. The molecule has 1 aromatic rings. The number of methoxy groups -OCH3 is 1. The molecule has 0 aromatic heterocycles. The van der Waals surface area contributed by atoms with Gasteiger partial charge in [-0.1, -0.05) is 0 Å². The number of nitrogen functional groups attached to an aromatic ring is 1. The van der Waals surface area contributed by atoms with Crippen molar-refractivity contribution in [1.82, 2.24) is 5.32 Å². The van der Waals surface area contributed by atoms with E-state index in [0.29, 0.717) is 6.04 Å². The lowest BCUT2D eigenvalue weighted by Crippen LogP contribution is -2.41. The molecule has 0 atom stereocenters. The Hall–Kier alpha value is -2.08. The molecule has 2 fully saturated rings. The number of carbonyl (C=O) groups excluding carboxylic acids is 1. The molecule has 1 heterocycles. The van der Waals surface area contributed by atoms with Crippen molar-refractivity contribution in [2.75, 3.05) is 31.6 Å². The normalized spacial score (nSPS) is 23.8. The number of hydrogen-bond donors (Lipinski definition) is 3. The number of benzene rings is 1. The van der Waals surface area contributed by atoms with Crippen LogP contribution in [-0.2, 0) is 9.53 Å². The van der Waals surface area contributed by atoms with Gasteiger partial charge in [-0.3, -0.25) is 10.2 Å². The van der Waals surface area contributed by atoms with Crippen molar-refractivity contribution >= 4 is 17.5 Å². The largest absolute Gasteiger partial charge is 0.469 e. The van der Waals surface area contributed by atoms with E-state index >= 15 is 0 Å². The Morgan fingerprint density at radius 1 is 1.15 bits per heavy atom. The van der Waals surface area contributed by atoms with Crippen molar-refractivity contribution in [2.24, 2.45) is 17.6 Å². The molecule has 4 N–H and O–H groups in total. The van der Waals surface area contributed by atoms with Gasteiger partial charge >= 0.3 is 5.97 Å². The van der Waals surface area contributed by atoms with Crippen molar-refractivity contribution in [2.45, 2.75) is 44.6 Å². The summed E-state index contributed by atoms with van der Waals surface area (Å²) in [5.41, 5.74) is 7.52. The Bertz CT molecular complexity index is 630. The second-order valence-electron chi connectivity index (χ2n) is 7.87. The minimum absolute atomic E-state index is 0.0443. The number of piperidine rings is 1. The van der Waals surface area contributed by atoms with Gasteiger partial charge in [-0.25, -0.2) is 0 Å². The number of nitrogens with two attached hydrogens (primary N) is 1. The van der Waals surface area contributed by atoms with Gasteiger partial charge in [-0.15, -0.1) is 0 Å². The Kier molecular flexibility index (Phi) is 6.72. The van der Waals surface area contributed by atoms with Gasteiger partial charge < -0.3 is 20.7 Å². The predicted molar refractivity (Wildman–Crippen MR) is 108 cm³/mol. The van der Waals surface area contributed by atoms with E-state index < -0.39 is 0 Å². The molecular formula is C21H32N4O2. The first-order chi connectivity index (χ1) is 13.1. The summed E-state index contributed by atoms with van der Waals surface area (Å²) in [4.78, 5) is 14.0. The second-order valence-corrected chi connectivity index (χ2v) is 7.87. The van der Waals surface area contributed by atoms with E-state index in [9.17, 15) is 4.79 Å². The van der Waals surface area contributed by atoms with Crippen LogP contribution < -0.4 is 16.0 Å². The van der Waals surface area contributed by atoms with E-state index in [4.69, 9.17) is 15.9 Å². The summed E-state index contributed by atoms with van der Waals surface area (Å²) >= 11 is 0. The summed E-state index contributed by atoms with van der Waals surface area (Å²) in [7, 11) is 1.48. The van der Waals surface area contributed by atoms with E-state index in [1.807, 2.05) is 12.1 Å². The molecule has 6 nitrogen and oxygen atoms in total. The summed E-state index contributed by atoms with van der Waals surface area (Å²) in [5, 5.41) is 11.2. The molecule has 0 unspecified atom stereocenters.